The lowest BCUT2D eigenvalue weighted by molar-refractivity contribution is -0.384. The molecule has 2 aliphatic heterocycles. The molecule has 8 rings (SSSR count). The highest BCUT2D eigenvalue weighted by Gasteiger charge is 2.24. The van der Waals surface area contributed by atoms with Crippen LogP contribution in [0.2, 0.25) is 0 Å². The van der Waals surface area contributed by atoms with E-state index in [0.29, 0.717) is 66.0 Å². The van der Waals surface area contributed by atoms with Gasteiger partial charge in [0.15, 0.2) is 28.1 Å². The topological polar surface area (TPSA) is 164 Å². The quantitative estimate of drug-likeness (QED) is 0.0588. The van der Waals surface area contributed by atoms with Crippen LogP contribution in [0.15, 0.2) is 56.2 Å². The minimum atomic E-state index is -0.668. The maximum Gasteiger partial charge on any atom is 0.273 e. The highest BCUT2D eigenvalue weighted by atomic mass is 19.1. The first-order chi connectivity index (χ1) is 24.3. The van der Waals surface area contributed by atoms with E-state index in [-0.39, 0.29) is 33.5 Å². The number of nitro benzene ring substituents is 1. The van der Waals surface area contributed by atoms with Crippen molar-refractivity contribution in [1.82, 2.24) is 24.5 Å². The molecule has 2 aliphatic rings. The number of ether oxygens (including phenoxy) is 1. The summed E-state index contributed by atoms with van der Waals surface area (Å²) in [6, 6.07) is 8.78. The lowest BCUT2D eigenvalue weighted by Gasteiger charge is -2.26. The summed E-state index contributed by atoms with van der Waals surface area (Å²) in [7, 11) is 0. The number of rotatable bonds is 10. The zero-order valence-corrected chi connectivity index (χ0v) is 27.3. The predicted octanol–water partition coefficient (Wildman–Crippen LogP) is 5.00. The Morgan fingerprint density at radius 1 is 0.940 bits per heavy atom. The molecule has 0 aliphatic carbocycles. The van der Waals surface area contributed by atoms with E-state index in [9.17, 15) is 19.7 Å². The molecular formula is C35H36FN7O7. The van der Waals surface area contributed by atoms with Gasteiger partial charge in [-0.2, -0.15) is 0 Å². The van der Waals surface area contributed by atoms with Crippen molar-refractivity contribution in [2.24, 2.45) is 0 Å². The van der Waals surface area contributed by atoms with Gasteiger partial charge in [-0.05, 0) is 51.0 Å². The molecule has 0 bridgehead atoms. The number of amides is 1. The van der Waals surface area contributed by atoms with Gasteiger partial charge in [0.2, 0.25) is 5.43 Å². The van der Waals surface area contributed by atoms with Crippen LogP contribution >= 0.6 is 0 Å². The summed E-state index contributed by atoms with van der Waals surface area (Å²) in [5.41, 5.74) is 2.08. The number of benzene rings is 3. The van der Waals surface area contributed by atoms with E-state index >= 15 is 4.39 Å². The van der Waals surface area contributed by atoms with Crippen LogP contribution < -0.4 is 16.1 Å². The van der Waals surface area contributed by atoms with Crippen LogP contribution in [0, 0.1) is 15.9 Å². The number of hydrogen-bond acceptors (Lipinski definition) is 10. The third kappa shape index (κ3) is 5.97. The van der Waals surface area contributed by atoms with Crippen LogP contribution in [0.25, 0.3) is 49.8 Å². The first-order valence-electron chi connectivity index (χ1n) is 16.9. The van der Waals surface area contributed by atoms with Crippen LogP contribution in [0.5, 0.6) is 0 Å². The number of halogens is 1. The van der Waals surface area contributed by atoms with Gasteiger partial charge in [0.05, 0.1) is 46.1 Å². The van der Waals surface area contributed by atoms with E-state index in [0.717, 1.165) is 58.2 Å². The fraction of sp³-hybridized carbons (Fsp3) is 0.371. The normalized spacial score (nSPS) is 15.9. The number of nitrogens with one attached hydrogen (secondary N) is 3. The lowest BCUT2D eigenvalue weighted by atomic mass is 10.1. The zero-order chi connectivity index (χ0) is 34.4. The number of pyridine rings is 1. The number of carbonyl (C=O) groups excluding carboxylic acids is 1. The molecule has 2 saturated heterocycles. The zero-order valence-electron chi connectivity index (χ0n) is 27.3. The largest absolute Gasteiger partial charge is 0.453 e. The van der Waals surface area contributed by atoms with Gasteiger partial charge in [0.1, 0.15) is 16.8 Å². The van der Waals surface area contributed by atoms with Gasteiger partial charge in [-0.1, -0.05) is 0 Å². The molecule has 0 radical (unpaired) electrons. The number of likely N-dealkylation sites (tertiary alicyclic amines) is 1. The van der Waals surface area contributed by atoms with Gasteiger partial charge in [-0.3, -0.25) is 24.6 Å². The van der Waals surface area contributed by atoms with Crippen molar-refractivity contribution < 1.29 is 27.7 Å². The molecule has 0 spiro atoms. The minimum absolute atomic E-state index is 0.00746. The molecule has 5 heterocycles. The second-order valence-corrected chi connectivity index (χ2v) is 12.8. The maximum absolute atomic E-state index is 16.0. The molecule has 50 heavy (non-hydrogen) atoms. The SMILES string of the molecule is O=C(NCCCN1CCOCC1)c1cn2c3cc4oc5cc([N+](=O)[O-])ccc5[nH]c4cc3oc3c(NCCN4CCCC4)c(F)cc(c1=O)c32. The number of hydrogen-bond donors (Lipinski definition) is 3. The Kier molecular flexibility index (Phi) is 8.46. The number of aromatic nitrogens is 2. The van der Waals surface area contributed by atoms with Crippen molar-refractivity contribution in [3.8, 4) is 0 Å². The molecule has 0 unspecified atom stereocenters. The number of H-pyrrole nitrogens is 1. The third-order valence-electron chi connectivity index (χ3n) is 9.61. The first kappa shape index (κ1) is 32.0. The smallest absolute Gasteiger partial charge is 0.273 e. The molecule has 3 aromatic heterocycles. The Morgan fingerprint density at radius 2 is 1.72 bits per heavy atom. The summed E-state index contributed by atoms with van der Waals surface area (Å²) in [5.74, 6) is -1.23. The first-order valence-corrected chi connectivity index (χ1v) is 16.9. The van der Waals surface area contributed by atoms with Gasteiger partial charge >= 0.3 is 0 Å². The molecule has 15 heteroatoms. The lowest BCUT2D eigenvalue weighted by Crippen LogP contribution is -2.38. The highest BCUT2D eigenvalue weighted by Crippen LogP contribution is 2.35. The molecule has 1 amide bonds. The minimum Gasteiger partial charge on any atom is -0.453 e. The Morgan fingerprint density at radius 3 is 2.52 bits per heavy atom. The molecule has 6 aromatic rings. The van der Waals surface area contributed by atoms with Crippen LogP contribution in [0.3, 0.4) is 0 Å². The summed E-state index contributed by atoms with van der Waals surface area (Å²) in [6.45, 7) is 7.33. The van der Waals surface area contributed by atoms with E-state index in [1.165, 1.54) is 18.3 Å². The fourth-order valence-electron chi connectivity index (χ4n) is 7.00. The van der Waals surface area contributed by atoms with Crippen molar-refractivity contribution in [3.05, 3.63) is 74.3 Å². The number of morpholine rings is 1. The summed E-state index contributed by atoms with van der Waals surface area (Å²) in [5, 5.41) is 17.5. The van der Waals surface area contributed by atoms with Crippen LogP contribution in [-0.2, 0) is 4.74 Å². The second-order valence-electron chi connectivity index (χ2n) is 12.8. The third-order valence-corrected chi connectivity index (χ3v) is 9.61. The van der Waals surface area contributed by atoms with Crippen molar-refractivity contribution >= 4 is 67.1 Å². The maximum atomic E-state index is 16.0. The van der Waals surface area contributed by atoms with Crippen molar-refractivity contribution in [2.75, 3.05) is 70.9 Å². The van der Waals surface area contributed by atoms with E-state index < -0.39 is 22.1 Å². The van der Waals surface area contributed by atoms with Crippen LogP contribution in [0.1, 0.15) is 29.6 Å². The van der Waals surface area contributed by atoms with Crippen LogP contribution in [0.4, 0.5) is 15.8 Å². The van der Waals surface area contributed by atoms with Gasteiger partial charge < -0.3 is 38.5 Å². The summed E-state index contributed by atoms with van der Waals surface area (Å²) < 4.78 is 35.5. The Balaban J connectivity index is 1.24. The number of anilines is 1. The van der Waals surface area contributed by atoms with Crippen molar-refractivity contribution in [1.29, 1.82) is 0 Å². The monoisotopic (exact) mass is 685 g/mol. The summed E-state index contributed by atoms with van der Waals surface area (Å²) >= 11 is 0. The van der Waals surface area contributed by atoms with E-state index in [2.05, 4.69) is 25.4 Å². The highest BCUT2D eigenvalue weighted by molar-refractivity contribution is 6.07. The van der Waals surface area contributed by atoms with Crippen LogP contribution in [-0.4, -0.2) is 95.6 Å². The van der Waals surface area contributed by atoms with Gasteiger partial charge in [-0.25, -0.2) is 4.39 Å². The van der Waals surface area contributed by atoms with E-state index in [1.54, 1.807) is 22.6 Å². The Bertz CT molecular complexity index is 2360. The Hall–Kier alpha value is -5.25. The standard InChI is InChI=1S/C35H36FN7O7/c36-24-17-22-32-34(31(24)37-7-11-40-8-1-2-9-40)50-30-18-26-29(49-28-16-21(43(46)47)4-5-25(28)39-26)19-27(30)42(32)20-23(33(22)44)35(45)38-6-3-10-41-12-14-48-15-13-41/h4-5,16-20,37,39H,1-3,6-15H2,(H,38,45). The number of fused-ring (bicyclic) bond motifs is 4. The van der Waals surface area contributed by atoms with Gasteiger partial charge in [0.25, 0.3) is 11.6 Å². The summed E-state index contributed by atoms with van der Waals surface area (Å²) in [6.07, 6.45) is 4.41. The molecule has 0 saturated carbocycles. The summed E-state index contributed by atoms with van der Waals surface area (Å²) in [4.78, 5) is 46.1. The number of carbonyl (C=O) groups is 1. The number of aromatic amines is 1. The predicted molar refractivity (Wildman–Crippen MR) is 186 cm³/mol. The fourth-order valence-corrected chi connectivity index (χ4v) is 7.00. The van der Waals surface area contributed by atoms with E-state index in [1.807, 2.05) is 0 Å². The molecule has 3 aromatic carbocycles. The molecule has 2 fully saturated rings. The average molecular weight is 686 g/mol. The molecule has 260 valence electrons. The van der Waals surface area contributed by atoms with Gasteiger partial charge in [0, 0.05) is 57.1 Å². The molecule has 0 atom stereocenters. The Labute approximate surface area is 283 Å². The van der Waals surface area contributed by atoms with Crippen molar-refractivity contribution in [3.63, 3.8) is 0 Å². The van der Waals surface area contributed by atoms with Crippen molar-refractivity contribution in [2.45, 2.75) is 19.3 Å². The van der Waals surface area contributed by atoms with E-state index in [4.69, 9.17) is 13.6 Å². The second kappa shape index (κ2) is 13.2. The number of nitro groups is 1. The molecular weight excluding hydrogens is 649 g/mol. The molecule has 3 N–H and O–H groups in total. The molecule has 14 nitrogen and oxygen atoms in total. The number of nitrogens with zero attached hydrogens (tertiary/aromatic N) is 4. The number of non-ortho nitro benzene ring substituents is 1. The average Bonchev–Trinajstić information content (AvgIpc) is 3.64. The van der Waals surface area contributed by atoms with Gasteiger partial charge in [-0.15, -0.1) is 0 Å².